The Labute approximate surface area is 116 Å². The molecule has 0 bridgehead atoms. The zero-order valence-corrected chi connectivity index (χ0v) is 11.1. The molecular weight excluding hydrogens is 256 g/mol. The van der Waals surface area contributed by atoms with E-state index in [9.17, 15) is 10.1 Å². The molecule has 0 heterocycles. The van der Waals surface area contributed by atoms with E-state index in [1.807, 2.05) is 13.0 Å². The van der Waals surface area contributed by atoms with E-state index in [-0.39, 0.29) is 11.4 Å². The topological polar surface area (TPSA) is 76.2 Å². The summed E-state index contributed by atoms with van der Waals surface area (Å²) in [5.74, 6) is 0.490. The number of benzene rings is 2. The van der Waals surface area contributed by atoms with Crippen LogP contribution in [0.25, 0.3) is 0 Å². The normalized spacial score (nSPS) is 9.85. The van der Waals surface area contributed by atoms with Gasteiger partial charge in [-0.25, -0.2) is 0 Å². The summed E-state index contributed by atoms with van der Waals surface area (Å²) in [4.78, 5) is 10.5. The van der Waals surface area contributed by atoms with Crippen LogP contribution in [0.1, 0.15) is 16.7 Å². The number of nitriles is 1. The minimum Gasteiger partial charge on any atom is -0.448 e. The zero-order valence-electron chi connectivity index (χ0n) is 11.1. The minimum atomic E-state index is -0.501. The zero-order chi connectivity index (χ0) is 14.7. The average Bonchev–Trinajstić information content (AvgIpc) is 2.40. The van der Waals surface area contributed by atoms with Gasteiger partial charge in [0.05, 0.1) is 10.5 Å². The number of nitrogens with zero attached hydrogens (tertiary/aromatic N) is 2. The highest BCUT2D eigenvalue weighted by Gasteiger charge is 2.18. The van der Waals surface area contributed by atoms with E-state index in [0.717, 1.165) is 11.1 Å². The molecule has 0 atom stereocenters. The van der Waals surface area contributed by atoms with Gasteiger partial charge in [0.15, 0.2) is 0 Å². The molecule has 0 N–H and O–H groups in total. The first-order valence-corrected chi connectivity index (χ1v) is 5.95. The second kappa shape index (κ2) is 5.41. The van der Waals surface area contributed by atoms with Gasteiger partial charge in [0.2, 0.25) is 5.75 Å². The second-order valence-electron chi connectivity index (χ2n) is 4.39. The van der Waals surface area contributed by atoms with Crippen LogP contribution in [-0.4, -0.2) is 4.92 Å². The minimum absolute atomic E-state index is 0.122. The molecule has 5 heteroatoms. The van der Waals surface area contributed by atoms with Crippen molar-refractivity contribution in [1.82, 2.24) is 0 Å². The van der Waals surface area contributed by atoms with Crippen LogP contribution in [0.15, 0.2) is 36.4 Å². The lowest BCUT2D eigenvalue weighted by Gasteiger charge is -2.11. The number of nitro groups is 1. The summed E-state index contributed by atoms with van der Waals surface area (Å²) < 4.78 is 5.64. The molecule has 0 aliphatic carbocycles. The predicted octanol–water partition coefficient (Wildman–Crippen LogP) is 3.88. The van der Waals surface area contributed by atoms with E-state index in [1.165, 1.54) is 6.07 Å². The highest BCUT2D eigenvalue weighted by Crippen LogP contribution is 2.35. The van der Waals surface area contributed by atoms with Crippen LogP contribution in [0.2, 0.25) is 0 Å². The van der Waals surface area contributed by atoms with Crippen molar-refractivity contribution in [2.45, 2.75) is 13.8 Å². The van der Waals surface area contributed by atoms with Crippen LogP contribution in [0, 0.1) is 35.3 Å². The van der Waals surface area contributed by atoms with Crippen LogP contribution in [-0.2, 0) is 0 Å². The monoisotopic (exact) mass is 268 g/mol. The van der Waals surface area contributed by atoms with Gasteiger partial charge >= 0.3 is 5.69 Å². The quantitative estimate of drug-likeness (QED) is 0.625. The number of hydrogen-bond donors (Lipinski definition) is 0. The van der Waals surface area contributed by atoms with Crippen LogP contribution in [0.5, 0.6) is 11.5 Å². The standard InChI is InChI=1S/C15H12N2O3/c1-10-6-7-13(17(18)19)14(8-10)20-15-11(2)4-3-5-12(15)9-16/h3-8H,1-2H3. The molecule has 0 aliphatic rings. The number of aryl methyl sites for hydroxylation is 2. The Bertz CT molecular complexity index is 718. The molecule has 0 amide bonds. The molecule has 0 unspecified atom stereocenters. The van der Waals surface area contributed by atoms with Crippen molar-refractivity contribution in [2.24, 2.45) is 0 Å². The molecule has 0 aromatic heterocycles. The summed E-state index contributed by atoms with van der Waals surface area (Å²) in [6.07, 6.45) is 0. The van der Waals surface area contributed by atoms with E-state index < -0.39 is 4.92 Å². The molecule has 0 saturated carbocycles. The Balaban J connectivity index is 2.53. The molecule has 20 heavy (non-hydrogen) atoms. The fourth-order valence-electron chi connectivity index (χ4n) is 1.84. The van der Waals surface area contributed by atoms with Gasteiger partial charge in [0, 0.05) is 6.07 Å². The first-order chi connectivity index (χ1) is 9.52. The molecule has 2 aromatic rings. The highest BCUT2D eigenvalue weighted by atomic mass is 16.6. The van der Waals surface area contributed by atoms with Crippen LogP contribution in [0.4, 0.5) is 5.69 Å². The molecule has 0 aliphatic heterocycles. The second-order valence-corrected chi connectivity index (χ2v) is 4.39. The van der Waals surface area contributed by atoms with Gasteiger partial charge in [-0.1, -0.05) is 18.2 Å². The fraction of sp³-hybridized carbons (Fsp3) is 0.133. The summed E-state index contributed by atoms with van der Waals surface area (Å²) in [6, 6.07) is 11.8. The molecule has 0 spiro atoms. The van der Waals surface area contributed by atoms with Crippen molar-refractivity contribution in [2.75, 3.05) is 0 Å². The SMILES string of the molecule is Cc1ccc([N+](=O)[O-])c(Oc2c(C)cccc2C#N)c1. The number of rotatable bonds is 3. The lowest BCUT2D eigenvalue weighted by atomic mass is 10.1. The molecule has 0 radical (unpaired) electrons. The molecule has 0 saturated heterocycles. The van der Waals surface area contributed by atoms with Gasteiger partial charge in [0.25, 0.3) is 0 Å². The van der Waals surface area contributed by atoms with Gasteiger partial charge < -0.3 is 4.74 Å². The number of para-hydroxylation sites is 1. The molecule has 5 nitrogen and oxygen atoms in total. The number of ether oxygens (including phenoxy) is 1. The lowest BCUT2D eigenvalue weighted by molar-refractivity contribution is -0.385. The molecular formula is C15H12N2O3. The smallest absolute Gasteiger partial charge is 0.311 e. The first kappa shape index (κ1) is 13.6. The average molecular weight is 268 g/mol. The van der Waals surface area contributed by atoms with Crippen LogP contribution in [0.3, 0.4) is 0 Å². The van der Waals surface area contributed by atoms with E-state index in [0.29, 0.717) is 11.3 Å². The molecule has 2 aromatic carbocycles. The van der Waals surface area contributed by atoms with Gasteiger partial charge in [-0.3, -0.25) is 10.1 Å². The summed E-state index contributed by atoms with van der Waals surface area (Å²) in [7, 11) is 0. The van der Waals surface area contributed by atoms with Crippen LogP contribution >= 0.6 is 0 Å². The summed E-state index contributed by atoms with van der Waals surface area (Å²) in [5.41, 5.74) is 1.82. The van der Waals surface area contributed by atoms with Crippen molar-refractivity contribution in [3.8, 4) is 17.6 Å². The van der Waals surface area contributed by atoms with Gasteiger partial charge in [-0.05, 0) is 37.1 Å². The van der Waals surface area contributed by atoms with E-state index in [1.54, 1.807) is 37.3 Å². The Morgan fingerprint density at radius 2 is 2.00 bits per heavy atom. The van der Waals surface area contributed by atoms with Crippen molar-refractivity contribution in [1.29, 1.82) is 5.26 Å². The van der Waals surface area contributed by atoms with Crippen molar-refractivity contribution >= 4 is 5.69 Å². The summed E-state index contributed by atoms with van der Waals surface area (Å²) in [5, 5.41) is 20.1. The molecule has 100 valence electrons. The molecule has 0 fully saturated rings. The Morgan fingerprint density at radius 3 is 2.65 bits per heavy atom. The lowest BCUT2D eigenvalue weighted by Crippen LogP contribution is -1.96. The van der Waals surface area contributed by atoms with Crippen LogP contribution < -0.4 is 4.74 Å². The Hall–Kier alpha value is -2.87. The van der Waals surface area contributed by atoms with E-state index in [4.69, 9.17) is 10.00 Å². The van der Waals surface area contributed by atoms with E-state index >= 15 is 0 Å². The maximum absolute atomic E-state index is 11.0. The third-order valence-corrected chi connectivity index (χ3v) is 2.86. The van der Waals surface area contributed by atoms with E-state index in [2.05, 4.69) is 0 Å². The first-order valence-electron chi connectivity index (χ1n) is 5.95. The maximum Gasteiger partial charge on any atom is 0.311 e. The summed E-state index contributed by atoms with van der Waals surface area (Å²) in [6.45, 7) is 3.61. The largest absolute Gasteiger partial charge is 0.448 e. The van der Waals surface area contributed by atoms with Gasteiger partial charge in [-0.2, -0.15) is 5.26 Å². The summed E-state index contributed by atoms with van der Waals surface area (Å²) >= 11 is 0. The third-order valence-electron chi connectivity index (χ3n) is 2.86. The number of hydrogen-bond acceptors (Lipinski definition) is 4. The van der Waals surface area contributed by atoms with Crippen molar-refractivity contribution < 1.29 is 9.66 Å². The van der Waals surface area contributed by atoms with Crippen molar-refractivity contribution in [3.05, 3.63) is 63.2 Å². The van der Waals surface area contributed by atoms with Crippen molar-refractivity contribution in [3.63, 3.8) is 0 Å². The third kappa shape index (κ3) is 2.59. The number of nitro benzene ring substituents is 1. The highest BCUT2D eigenvalue weighted by molar-refractivity contribution is 5.55. The Kier molecular flexibility index (Phi) is 3.67. The Morgan fingerprint density at radius 1 is 1.25 bits per heavy atom. The van der Waals surface area contributed by atoms with Gasteiger partial charge in [-0.15, -0.1) is 0 Å². The maximum atomic E-state index is 11.0. The fourth-order valence-corrected chi connectivity index (χ4v) is 1.84. The molecule has 2 rings (SSSR count). The van der Waals surface area contributed by atoms with Gasteiger partial charge in [0.1, 0.15) is 11.8 Å². The predicted molar refractivity (Wildman–Crippen MR) is 73.8 cm³/mol.